The fraction of sp³-hybridized carbons (Fsp3) is 0.316. The van der Waals surface area contributed by atoms with Crippen LogP contribution in [0, 0.1) is 13.8 Å². The Morgan fingerprint density at radius 2 is 1.92 bits per heavy atom. The first-order chi connectivity index (χ1) is 11.4. The maximum Gasteiger partial charge on any atom is 0.230 e. The molecule has 0 saturated heterocycles. The molecule has 128 valence electrons. The highest BCUT2D eigenvalue weighted by molar-refractivity contribution is 7.99. The van der Waals surface area contributed by atoms with E-state index in [1.807, 2.05) is 19.1 Å². The van der Waals surface area contributed by atoms with E-state index in [2.05, 4.69) is 37.4 Å². The third kappa shape index (κ3) is 5.44. The number of thioether (sulfide) groups is 1. The Balaban J connectivity index is 1.85. The summed E-state index contributed by atoms with van der Waals surface area (Å²) >= 11 is 13.6. The number of hydrogen-bond acceptors (Lipinski definition) is 2. The lowest BCUT2D eigenvalue weighted by Crippen LogP contribution is -2.28. The second-order valence-corrected chi connectivity index (χ2v) is 7.71. The predicted octanol–water partition coefficient (Wildman–Crippen LogP) is 5.72. The van der Waals surface area contributed by atoms with Crippen molar-refractivity contribution in [3.8, 4) is 0 Å². The Morgan fingerprint density at radius 1 is 1.17 bits per heavy atom. The molecule has 2 aromatic carbocycles. The van der Waals surface area contributed by atoms with E-state index in [9.17, 15) is 4.79 Å². The quantitative estimate of drug-likeness (QED) is 0.692. The number of amides is 1. The van der Waals surface area contributed by atoms with Crippen molar-refractivity contribution in [3.63, 3.8) is 0 Å². The van der Waals surface area contributed by atoms with Crippen molar-refractivity contribution >= 4 is 40.9 Å². The predicted molar refractivity (Wildman–Crippen MR) is 105 cm³/mol. The maximum atomic E-state index is 12.2. The van der Waals surface area contributed by atoms with E-state index in [4.69, 9.17) is 23.2 Å². The van der Waals surface area contributed by atoms with Gasteiger partial charge in [0.05, 0.1) is 11.8 Å². The molecule has 0 aromatic heterocycles. The number of hydrogen-bond donors (Lipinski definition) is 1. The molecule has 2 rings (SSSR count). The molecule has 0 aliphatic heterocycles. The Hall–Kier alpha value is -1.16. The second kappa shape index (κ2) is 8.80. The second-order valence-electron chi connectivity index (χ2n) is 5.88. The third-order valence-electron chi connectivity index (χ3n) is 3.78. The van der Waals surface area contributed by atoms with Crippen molar-refractivity contribution in [2.24, 2.45) is 0 Å². The standard InChI is InChI=1S/C19H21Cl2NOS/c1-12-4-5-13(2)17(8-12)14(3)22-19(23)11-24-10-15-6-7-16(20)9-18(15)21/h4-9,14H,10-11H2,1-3H3,(H,22,23)/t14-/m0/s1. The van der Waals surface area contributed by atoms with Crippen LogP contribution in [-0.2, 0) is 10.5 Å². The molecule has 1 N–H and O–H groups in total. The molecular formula is C19H21Cl2NOS. The van der Waals surface area contributed by atoms with Gasteiger partial charge in [-0.15, -0.1) is 11.8 Å². The summed E-state index contributed by atoms with van der Waals surface area (Å²) in [5, 5.41) is 4.32. The minimum absolute atomic E-state index is 0.00267. The highest BCUT2D eigenvalue weighted by Gasteiger charge is 2.12. The van der Waals surface area contributed by atoms with Crippen LogP contribution in [0.5, 0.6) is 0 Å². The van der Waals surface area contributed by atoms with Gasteiger partial charge >= 0.3 is 0 Å². The molecular weight excluding hydrogens is 361 g/mol. The summed E-state index contributed by atoms with van der Waals surface area (Å²) in [6, 6.07) is 11.7. The molecule has 0 saturated carbocycles. The number of carbonyl (C=O) groups excluding carboxylic acids is 1. The summed E-state index contributed by atoms with van der Waals surface area (Å²) in [4.78, 5) is 12.2. The fourth-order valence-electron chi connectivity index (χ4n) is 2.48. The van der Waals surface area contributed by atoms with Crippen LogP contribution in [0.15, 0.2) is 36.4 Å². The maximum absolute atomic E-state index is 12.2. The Morgan fingerprint density at radius 3 is 2.62 bits per heavy atom. The summed E-state index contributed by atoms with van der Waals surface area (Å²) in [5.41, 5.74) is 4.54. The molecule has 0 radical (unpaired) electrons. The highest BCUT2D eigenvalue weighted by Crippen LogP contribution is 2.25. The molecule has 0 fully saturated rings. The van der Waals surface area contributed by atoms with Crippen LogP contribution < -0.4 is 5.32 Å². The molecule has 1 atom stereocenters. The number of rotatable bonds is 6. The van der Waals surface area contributed by atoms with Gasteiger partial charge in [0, 0.05) is 15.8 Å². The summed E-state index contributed by atoms with van der Waals surface area (Å²) in [7, 11) is 0. The monoisotopic (exact) mass is 381 g/mol. The summed E-state index contributed by atoms with van der Waals surface area (Å²) < 4.78 is 0. The first kappa shape index (κ1) is 19.2. The van der Waals surface area contributed by atoms with E-state index < -0.39 is 0 Å². The van der Waals surface area contributed by atoms with E-state index in [0.717, 1.165) is 11.1 Å². The normalized spacial score (nSPS) is 12.0. The minimum Gasteiger partial charge on any atom is -0.349 e. The highest BCUT2D eigenvalue weighted by atomic mass is 35.5. The average Bonchev–Trinajstić information content (AvgIpc) is 2.51. The summed E-state index contributed by atoms with van der Waals surface area (Å²) in [5.74, 6) is 1.11. The number of halogens is 2. The smallest absolute Gasteiger partial charge is 0.230 e. The zero-order valence-electron chi connectivity index (χ0n) is 14.0. The molecule has 0 bridgehead atoms. The van der Waals surface area contributed by atoms with Crippen molar-refractivity contribution in [2.75, 3.05) is 5.75 Å². The zero-order valence-corrected chi connectivity index (χ0v) is 16.4. The molecule has 2 nitrogen and oxygen atoms in total. The van der Waals surface area contributed by atoms with Gasteiger partial charge in [0.2, 0.25) is 5.91 Å². The largest absolute Gasteiger partial charge is 0.349 e. The van der Waals surface area contributed by atoms with Crippen LogP contribution in [-0.4, -0.2) is 11.7 Å². The van der Waals surface area contributed by atoms with E-state index in [1.165, 1.54) is 22.9 Å². The zero-order chi connectivity index (χ0) is 17.7. The Bertz CT molecular complexity index is 733. The van der Waals surface area contributed by atoms with Gasteiger partial charge in [0.25, 0.3) is 0 Å². The molecule has 0 aliphatic carbocycles. The number of benzene rings is 2. The molecule has 0 unspecified atom stereocenters. The summed E-state index contributed by atoms with van der Waals surface area (Å²) in [6.07, 6.45) is 0. The van der Waals surface area contributed by atoms with Crippen LogP contribution in [0.2, 0.25) is 10.0 Å². The number of carbonyl (C=O) groups is 1. The SMILES string of the molecule is Cc1ccc(C)c([C@H](C)NC(=O)CSCc2ccc(Cl)cc2Cl)c1. The van der Waals surface area contributed by atoms with Gasteiger partial charge in [-0.2, -0.15) is 0 Å². The van der Waals surface area contributed by atoms with Gasteiger partial charge in [0.1, 0.15) is 0 Å². The number of aryl methyl sites for hydroxylation is 2. The first-order valence-electron chi connectivity index (χ1n) is 7.75. The molecule has 1 amide bonds. The molecule has 0 heterocycles. The lowest BCUT2D eigenvalue weighted by Gasteiger charge is -2.17. The van der Waals surface area contributed by atoms with Gasteiger partial charge in [-0.25, -0.2) is 0 Å². The van der Waals surface area contributed by atoms with E-state index in [-0.39, 0.29) is 11.9 Å². The van der Waals surface area contributed by atoms with Gasteiger partial charge in [0.15, 0.2) is 0 Å². The van der Waals surface area contributed by atoms with Gasteiger partial charge < -0.3 is 5.32 Å². The van der Waals surface area contributed by atoms with E-state index in [1.54, 1.807) is 6.07 Å². The topological polar surface area (TPSA) is 29.1 Å². The Labute approximate surface area is 157 Å². The number of nitrogens with one attached hydrogen (secondary N) is 1. The van der Waals surface area contributed by atoms with E-state index >= 15 is 0 Å². The minimum atomic E-state index is -0.00267. The lowest BCUT2D eigenvalue weighted by atomic mass is 10.00. The van der Waals surface area contributed by atoms with Crippen LogP contribution >= 0.6 is 35.0 Å². The van der Waals surface area contributed by atoms with Crippen molar-refractivity contribution in [3.05, 3.63) is 68.7 Å². The Kier molecular flexibility index (Phi) is 7.02. The average molecular weight is 382 g/mol. The van der Waals surface area contributed by atoms with Crippen molar-refractivity contribution < 1.29 is 4.79 Å². The first-order valence-corrected chi connectivity index (χ1v) is 9.66. The van der Waals surface area contributed by atoms with Crippen molar-refractivity contribution in [2.45, 2.75) is 32.6 Å². The lowest BCUT2D eigenvalue weighted by molar-refractivity contribution is -0.119. The molecule has 2 aromatic rings. The fourth-order valence-corrected chi connectivity index (χ4v) is 3.88. The van der Waals surface area contributed by atoms with Crippen molar-refractivity contribution in [1.82, 2.24) is 5.32 Å². The summed E-state index contributed by atoms with van der Waals surface area (Å²) in [6.45, 7) is 6.14. The van der Waals surface area contributed by atoms with Crippen LogP contribution in [0.25, 0.3) is 0 Å². The van der Waals surface area contributed by atoms with Crippen LogP contribution in [0.1, 0.15) is 35.2 Å². The van der Waals surface area contributed by atoms with Gasteiger partial charge in [-0.05, 0) is 49.6 Å². The molecule has 24 heavy (non-hydrogen) atoms. The van der Waals surface area contributed by atoms with Crippen molar-refractivity contribution in [1.29, 1.82) is 0 Å². The third-order valence-corrected chi connectivity index (χ3v) is 5.35. The van der Waals surface area contributed by atoms with E-state index in [0.29, 0.717) is 21.6 Å². The molecule has 0 aliphatic rings. The molecule has 0 spiro atoms. The molecule has 5 heteroatoms. The van der Waals surface area contributed by atoms with Gasteiger partial charge in [-0.1, -0.05) is 53.0 Å². The van der Waals surface area contributed by atoms with Gasteiger partial charge in [-0.3, -0.25) is 4.79 Å². The van der Waals surface area contributed by atoms with Crippen LogP contribution in [0.3, 0.4) is 0 Å². The van der Waals surface area contributed by atoms with Crippen LogP contribution in [0.4, 0.5) is 0 Å².